The van der Waals surface area contributed by atoms with Gasteiger partial charge >= 0.3 is 0 Å². The van der Waals surface area contributed by atoms with Crippen molar-refractivity contribution in [3.63, 3.8) is 0 Å². The van der Waals surface area contributed by atoms with E-state index in [0.29, 0.717) is 11.5 Å². The number of thioether (sulfide) groups is 1. The van der Waals surface area contributed by atoms with Crippen LogP contribution in [0.15, 0.2) is 35.2 Å². The van der Waals surface area contributed by atoms with Crippen molar-refractivity contribution >= 4 is 39.0 Å². The Labute approximate surface area is 146 Å². The average molecular weight is 360 g/mol. The number of carbonyl (C=O) groups excluding carboxylic acids is 1. The maximum atomic E-state index is 14.1. The Kier molecular flexibility index (Phi) is 3.73. The molecule has 4 rings (SSSR count). The van der Waals surface area contributed by atoms with E-state index < -0.39 is 11.6 Å². The molecule has 2 heterocycles. The highest BCUT2D eigenvalue weighted by atomic mass is 32.2. The minimum Gasteiger partial charge on any atom is -0.289 e. The first-order valence-electron chi connectivity index (χ1n) is 7.68. The summed E-state index contributed by atoms with van der Waals surface area (Å²) in [5.41, 5.74) is 1.00. The Morgan fingerprint density at radius 2 is 1.83 bits per heavy atom. The molecule has 0 saturated carbocycles. The zero-order chi connectivity index (χ0) is 17.0. The van der Waals surface area contributed by atoms with Crippen molar-refractivity contribution in [3.8, 4) is 0 Å². The lowest BCUT2D eigenvalue weighted by atomic mass is 9.98. The third-order valence-electron chi connectivity index (χ3n) is 4.28. The van der Waals surface area contributed by atoms with Crippen molar-refractivity contribution in [2.24, 2.45) is 0 Å². The Morgan fingerprint density at radius 1 is 1.08 bits per heavy atom. The molecule has 0 atom stereocenters. The number of rotatable bonds is 1. The van der Waals surface area contributed by atoms with Gasteiger partial charge in [-0.25, -0.2) is 8.78 Å². The molecule has 24 heavy (non-hydrogen) atoms. The quantitative estimate of drug-likeness (QED) is 0.518. The normalized spacial score (nSPS) is 14.0. The molecule has 1 aromatic heterocycles. The van der Waals surface area contributed by atoms with Crippen LogP contribution >= 0.6 is 23.1 Å². The molecule has 1 nitrogen and oxygen atoms in total. The smallest absolute Gasteiger partial charge is 0.194 e. The van der Waals surface area contributed by atoms with Crippen molar-refractivity contribution in [1.82, 2.24) is 0 Å². The number of fused-ring (bicyclic) bond motifs is 4. The monoisotopic (exact) mass is 360 g/mol. The van der Waals surface area contributed by atoms with Gasteiger partial charge in [0, 0.05) is 36.9 Å². The molecule has 122 valence electrons. The summed E-state index contributed by atoms with van der Waals surface area (Å²) in [6.07, 6.45) is 0. The summed E-state index contributed by atoms with van der Waals surface area (Å²) in [7, 11) is 0. The van der Waals surface area contributed by atoms with Crippen LogP contribution in [-0.4, -0.2) is 5.78 Å². The van der Waals surface area contributed by atoms with Crippen LogP contribution in [0.2, 0.25) is 0 Å². The van der Waals surface area contributed by atoms with Crippen LogP contribution in [0.5, 0.6) is 0 Å². The molecule has 0 saturated heterocycles. The van der Waals surface area contributed by atoms with Gasteiger partial charge in [0.1, 0.15) is 0 Å². The number of halogens is 2. The maximum absolute atomic E-state index is 14.1. The second-order valence-corrected chi connectivity index (χ2v) is 8.24. The van der Waals surface area contributed by atoms with Gasteiger partial charge < -0.3 is 0 Å². The van der Waals surface area contributed by atoms with Crippen molar-refractivity contribution < 1.29 is 13.6 Å². The standard InChI is InChI=1S/C19H14F2OS2/c1-9(2)15-7-10-3-4-12-17(22)11-5-6-14(20)16(21)13(11)8-23-19(12)18(10)24-15/h3-7,9H,8H2,1-2H3. The highest BCUT2D eigenvalue weighted by Gasteiger charge is 2.27. The molecule has 0 unspecified atom stereocenters. The fraction of sp³-hybridized carbons (Fsp3) is 0.211. The van der Waals surface area contributed by atoms with Gasteiger partial charge in [-0.05, 0) is 35.6 Å². The fourth-order valence-corrected chi connectivity index (χ4v) is 5.48. The maximum Gasteiger partial charge on any atom is 0.194 e. The van der Waals surface area contributed by atoms with E-state index in [1.807, 2.05) is 6.07 Å². The van der Waals surface area contributed by atoms with Crippen LogP contribution in [0.4, 0.5) is 8.78 Å². The highest BCUT2D eigenvalue weighted by molar-refractivity contribution is 7.99. The first-order valence-corrected chi connectivity index (χ1v) is 9.48. The minimum absolute atomic E-state index is 0.162. The predicted octanol–water partition coefficient (Wildman–Crippen LogP) is 6.14. The summed E-state index contributed by atoms with van der Waals surface area (Å²) >= 11 is 3.09. The predicted molar refractivity (Wildman–Crippen MR) is 95.3 cm³/mol. The summed E-state index contributed by atoms with van der Waals surface area (Å²) < 4.78 is 28.8. The number of benzene rings is 2. The Morgan fingerprint density at radius 3 is 2.58 bits per heavy atom. The van der Waals surface area contributed by atoms with Crippen molar-refractivity contribution in [2.75, 3.05) is 0 Å². The van der Waals surface area contributed by atoms with Crippen LogP contribution in [0, 0.1) is 11.6 Å². The number of hydrogen-bond donors (Lipinski definition) is 0. The van der Waals surface area contributed by atoms with E-state index in [0.717, 1.165) is 21.0 Å². The van der Waals surface area contributed by atoms with Gasteiger partial charge in [0.05, 0.1) is 0 Å². The van der Waals surface area contributed by atoms with Crippen LogP contribution in [0.3, 0.4) is 0 Å². The molecule has 0 aliphatic carbocycles. The Balaban J connectivity index is 1.94. The van der Waals surface area contributed by atoms with E-state index in [4.69, 9.17) is 0 Å². The number of ketones is 1. The first kappa shape index (κ1) is 15.8. The van der Waals surface area contributed by atoms with Gasteiger partial charge in [-0.1, -0.05) is 19.9 Å². The lowest BCUT2D eigenvalue weighted by Crippen LogP contribution is -2.06. The third-order valence-corrected chi connectivity index (χ3v) is 7.02. The summed E-state index contributed by atoms with van der Waals surface area (Å²) in [5.74, 6) is -1.38. The van der Waals surface area contributed by atoms with Crippen LogP contribution in [-0.2, 0) is 5.75 Å². The largest absolute Gasteiger partial charge is 0.289 e. The van der Waals surface area contributed by atoms with Crippen molar-refractivity contribution in [2.45, 2.75) is 30.4 Å². The van der Waals surface area contributed by atoms with E-state index in [9.17, 15) is 13.6 Å². The second-order valence-electron chi connectivity index (χ2n) is 6.17. The molecule has 0 N–H and O–H groups in total. The Hall–Kier alpha value is -1.72. The summed E-state index contributed by atoms with van der Waals surface area (Å²) in [6.45, 7) is 4.27. The lowest BCUT2D eigenvalue weighted by Gasteiger charge is -2.06. The lowest BCUT2D eigenvalue weighted by molar-refractivity contribution is 0.103. The average Bonchev–Trinajstić information content (AvgIpc) is 2.94. The molecule has 0 spiro atoms. The molecule has 5 heteroatoms. The number of hydrogen-bond acceptors (Lipinski definition) is 3. The van der Waals surface area contributed by atoms with Gasteiger partial charge in [-0.3, -0.25) is 4.79 Å². The van der Waals surface area contributed by atoms with Gasteiger partial charge in [-0.2, -0.15) is 0 Å². The van der Waals surface area contributed by atoms with E-state index in [2.05, 4.69) is 19.9 Å². The number of carbonyl (C=O) groups is 1. The van der Waals surface area contributed by atoms with Crippen molar-refractivity contribution in [3.05, 3.63) is 63.5 Å². The Bertz CT molecular complexity index is 989. The molecular formula is C19H14F2OS2. The molecule has 0 bridgehead atoms. The van der Waals surface area contributed by atoms with E-state index in [1.165, 1.54) is 22.7 Å². The van der Waals surface area contributed by atoms with E-state index >= 15 is 0 Å². The van der Waals surface area contributed by atoms with Crippen molar-refractivity contribution in [1.29, 1.82) is 0 Å². The van der Waals surface area contributed by atoms with Gasteiger partial charge in [-0.15, -0.1) is 23.1 Å². The molecular weight excluding hydrogens is 346 g/mol. The minimum atomic E-state index is -0.911. The molecule has 0 fully saturated rings. The van der Waals surface area contributed by atoms with Gasteiger partial charge in [0.25, 0.3) is 0 Å². The third kappa shape index (κ3) is 2.30. The summed E-state index contributed by atoms with van der Waals surface area (Å²) in [5, 5.41) is 1.10. The molecule has 0 radical (unpaired) electrons. The van der Waals surface area contributed by atoms with E-state index in [1.54, 1.807) is 17.4 Å². The highest BCUT2D eigenvalue weighted by Crippen LogP contribution is 2.43. The number of thiophene rings is 1. The second kappa shape index (κ2) is 5.67. The molecule has 2 aromatic carbocycles. The zero-order valence-electron chi connectivity index (χ0n) is 13.2. The topological polar surface area (TPSA) is 17.1 Å². The summed E-state index contributed by atoms with van der Waals surface area (Å²) in [6, 6.07) is 8.32. The summed E-state index contributed by atoms with van der Waals surface area (Å²) in [4.78, 5) is 15.0. The van der Waals surface area contributed by atoms with Crippen LogP contribution in [0.25, 0.3) is 10.1 Å². The SMILES string of the molecule is CC(C)c1cc2ccc3c(c2s1)SCc1c(ccc(F)c1F)C3=O. The molecule has 0 amide bonds. The fourth-order valence-electron chi connectivity index (χ4n) is 2.94. The van der Waals surface area contributed by atoms with Gasteiger partial charge in [0.15, 0.2) is 17.4 Å². The zero-order valence-corrected chi connectivity index (χ0v) is 14.8. The van der Waals surface area contributed by atoms with Gasteiger partial charge in [0.2, 0.25) is 0 Å². The van der Waals surface area contributed by atoms with Crippen LogP contribution < -0.4 is 0 Å². The first-order chi connectivity index (χ1) is 11.5. The van der Waals surface area contributed by atoms with Crippen LogP contribution in [0.1, 0.15) is 46.1 Å². The van der Waals surface area contributed by atoms with E-state index in [-0.39, 0.29) is 22.7 Å². The molecule has 1 aliphatic heterocycles. The molecule has 1 aliphatic rings. The molecule has 3 aromatic rings.